The summed E-state index contributed by atoms with van der Waals surface area (Å²) >= 11 is 13.3. The van der Waals surface area contributed by atoms with Gasteiger partial charge in [0.25, 0.3) is 5.91 Å². The fourth-order valence-corrected chi connectivity index (χ4v) is 3.43. The van der Waals surface area contributed by atoms with Crippen molar-refractivity contribution >= 4 is 57.2 Å². The average Bonchev–Trinajstić information content (AvgIpc) is 3.25. The van der Waals surface area contributed by atoms with Crippen molar-refractivity contribution in [1.82, 2.24) is 10.2 Å². The third kappa shape index (κ3) is 5.60. The van der Waals surface area contributed by atoms with Crippen LogP contribution in [0.2, 0.25) is 5.02 Å². The highest BCUT2D eigenvalue weighted by molar-refractivity contribution is 7.15. The number of carbonyl (C=O) groups excluding carboxylic acids is 1. The fraction of sp³-hybridized carbons (Fsp3) is 0.0952. The Hall–Kier alpha value is -2.87. The van der Waals surface area contributed by atoms with Crippen molar-refractivity contribution < 1.29 is 14.3 Å². The number of aromatic nitrogens is 2. The van der Waals surface area contributed by atoms with Crippen molar-refractivity contribution in [2.45, 2.75) is 0 Å². The summed E-state index contributed by atoms with van der Waals surface area (Å²) in [4.78, 5) is 12.4. The first kappa shape index (κ1) is 21.8. The molecule has 0 atom stereocenters. The Bertz CT molecular complexity index is 1080. The number of ether oxygens (including phenoxy) is 2. The predicted octanol–water partition coefficient (Wildman–Crippen LogP) is 5.75. The second-order valence-electron chi connectivity index (χ2n) is 5.88. The van der Waals surface area contributed by atoms with Crippen molar-refractivity contribution in [2.24, 2.45) is 0 Å². The van der Waals surface area contributed by atoms with E-state index in [0.717, 1.165) is 16.9 Å². The highest BCUT2D eigenvalue weighted by atomic mass is 35.5. The molecule has 0 spiro atoms. The van der Waals surface area contributed by atoms with Crippen LogP contribution in [-0.4, -0.2) is 29.8 Å². The van der Waals surface area contributed by atoms with E-state index in [1.807, 2.05) is 6.07 Å². The lowest BCUT2D eigenvalue weighted by molar-refractivity contribution is 0.102. The van der Waals surface area contributed by atoms with Gasteiger partial charge in [0.15, 0.2) is 16.5 Å². The predicted molar refractivity (Wildman–Crippen MR) is 122 cm³/mol. The monoisotopic (exact) mass is 461 g/mol. The number of anilines is 1. The molecule has 0 fully saturated rings. The Morgan fingerprint density at radius 2 is 1.90 bits per heavy atom. The Balaban J connectivity index is 1.74. The van der Waals surface area contributed by atoms with E-state index in [9.17, 15) is 4.79 Å². The molecule has 0 saturated heterocycles. The van der Waals surface area contributed by atoms with Crippen LogP contribution in [0.4, 0.5) is 5.69 Å². The molecule has 0 radical (unpaired) electrons. The van der Waals surface area contributed by atoms with Crippen LogP contribution in [0.5, 0.6) is 11.5 Å². The van der Waals surface area contributed by atoms with Gasteiger partial charge in [-0.3, -0.25) is 4.79 Å². The summed E-state index contributed by atoms with van der Waals surface area (Å²) in [6.45, 7) is 4.00. The molecule has 3 aromatic rings. The average molecular weight is 462 g/mol. The summed E-state index contributed by atoms with van der Waals surface area (Å²) < 4.78 is 10.9. The van der Waals surface area contributed by atoms with Crippen LogP contribution in [0.3, 0.4) is 0 Å². The van der Waals surface area contributed by atoms with Gasteiger partial charge in [0.05, 0.1) is 12.1 Å². The third-order valence-electron chi connectivity index (χ3n) is 3.76. The van der Waals surface area contributed by atoms with Crippen LogP contribution in [-0.2, 0) is 0 Å². The van der Waals surface area contributed by atoms with E-state index in [0.29, 0.717) is 38.9 Å². The minimum Gasteiger partial charge on any atom is -0.493 e. The number of nitrogens with zero attached hydrogens (tertiary/aromatic N) is 2. The van der Waals surface area contributed by atoms with Crippen molar-refractivity contribution in [3.63, 3.8) is 0 Å². The molecular formula is C21H17Cl2N3O3S. The maximum absolute atomic E-state index is 12.4. The number of hydrogen-bond acceptors (Lipinski definition) is 6. The van der Waals surface area contributed by atoms with Crippen LogP contribution in [0.25, 0.3) is 11.1 Å². The number of amides is 1. The second-order valence-corrected chi connectivity index (χ2v) is 7.70. The molecule has 1 amide bonds. The fourth-order valence-electron chi connectivity index (χ4n) is 2.38. The lowest BCUT2D eigenvalue weighted by Gasteiger charge is -2.09. The highest BCUT2D eigenvalue weighted by Gasteiger charge is 2.15. The quantitative estimate of drug-likeness (QED) is 0.432. The molecule has 0 aliphatic carbocycles. The van der Waals surface area contributed by atoms with Crippen molar-refractivity contribution in [1.29, 1.82) is 0 Å². The molecule has 1 heterocycles. The number of rotatable bonds is 8. The standard InChI is InChI=1S/C21H17Cl2N3O3S/c1-3-10-29-17-9-4-13(12-18(17)28-2)11-16(23)20-25-26-21(30-20)19(27)24-15-7-5-14(22)6-8-15/h3-9,11-12H,1,10H2,2H3,(H,24,27)/b16-11-. The molecule has 30 heavy (non-hydrogen) atoms. The molecule has 0 saturated carbocycles. The van der Waals surface area contributed by atoms with Gasteiger partial charge in [0, 0.05) is 10.7 Å². The largest absolute Gasteiger partial charge is 0.493 e. The lowest BCUT2D eigenvalue weighted by Crippen LogP contribution is -2.11. The Morgan fingerprint density at radius 1 is 1.17 bits per heavy atom. The maximum atomic E-state index is 12.4. The van der Waals surface area contributed by atoms with E-state index >= 15 is 0 Å². The molecule has 1 aromatic heterocycles. The van der Waals surface area contributed by atoms with Crippen LogP contribution < -0.4 is 14.8 Å². The summed E-state index contributed by atoms with van der Waals surface area (Å²) in [6.07, 6.45) is 3.36. The summed E-state index contributed by atoms with van der Waals surface area (Å²) in [6, 6.07) is 12.2. The van der Waals surface area contributed by atoms with E-state index in [2.05, 4.69) is 22.1 Å². The maximum Gasteiger partial charge on any atom is 0.286 e. The van der Waals surface area contributed by atoms with Gasteiger partial charge in [-0.25, -0.2) is 0 Å². The van der Waals surface area contributed by atoms with E-state index in [1.54, 1.807) is 55.7 Å². The van der Waals surface area contributed by atoms with E-state index in [4.69, 9.17) is 32.7 Å². The van der Waals surface area contributed by atoms with Gasteiger partial charge in [-0.05, 0) is 48.0 Å². The van der Waals surface area contributed by atoms with Gasteiger partial charge in [-0.2, -0.15) is 0 Å². The first-order valence-corrected chi connectivity index (χ1v) is 10.3. The van der Waals surface area contributed by atoms with Crippen LogP contribution in [0.15, 0.2) is 55.1 Å². The zero-order valence-electron chi connectivity index (χ0n) is 15.9. The minimum atomic E-state index is -0.379. The van der Waals surface area contributed by atoms with Gasteiger partial charge < -0.3 is 14.8 Å². The molecule has 0 aliphatic heterocycles. The molecule has 1 N–H and O–H groups in total. The molecule has 0 aliphatic rings. The van der Waals surface area contributed by atoms with E-state index < -0.39 is 0 Å². The molecule has 0 bridgehead atoms. The Morgan fingerprint density at radius 3 is 2.60 bits per heavy atom. The normalized spacial score (nSPS) is 11.1. The van der Waals surface area contributed by atoms with Gasteiger partial charge in [0.2, 0.25) is 5.01 Å². The summed E-state index contributed by atoms with van der Waals surface area (Å²) in [5.74, 6) is 0.786. The minimum absolute atomic E-state index is 0.192. The van der Waals surface area contributed by atoms with Gasteiger partial charge >= 0.3 is 0 Å². The van der Waals surface area contributed by atoms with Crippen molar-refractivity contribution in [3.8, 4) is 11.5 Å². The highest BCUT2D eigenvalue weighted by Crippen LogP contribution is 2.31. The number of methoxy groups -OCH3 is 1. The topological polar surface area (TPSA) is 73.3 Å². The Kier molecular flexibility index (Phi) is 7.46. The molecule has 0 unspecified atom stereocenters. The van der Waals surface area contributed by atoms with Crippen LogP contribution >= 0.6 is 34.5 Å². The number of nitrogens with one attached hydrogen (secondary N) is 1. The summed E-state index contributed by atoms with van der Waals surface area (Å²) in [5.41, 5.74) is 1.39. The third-order valence-corrected chi connectivity index (χ3v) is 5.37. The molecule has 3 rings (SSSR count). The van der Waals surface area contributed by atoms with Gasteiger partial charge in [-0.1, -0.05) is 53.3 Å². The van der Waals surface area contributed by atoms with Gasteiger partial charge in [-0.15, -0.1) is 10.2 Å². The van der Waals surface area contributed by atoms with Crippen molar-refractivity contribution in [2.75, 3.05) is 19.0 Å². The van der Waals surface area contributed by atoms with E-state index in [-0.39, 0.29) is 10.9 Å². The molecular weight excluding hydrogens is 445 g/mol. The molecule has 6 nitrogen and oxygen atoms in total. The number of hydrogen-bond donors (Lipinski definition) is 1. The summed E-state index contributed by atoms with van der Waals surface area (Å²) in [5, 5.41) is 12.2. The second kappa shape index (κ2) is 10.2. The van der Waals surface area contributed by atoms with Crippen LogP contribution in [0.1, 0.15) is 20.4 Å². The first-order chi connectivity index (χ1) is 14.5. The SMILES string of the molecule is C=CCOc1ccc(/C=C(\Cl)c2nnc(C(=O)Nc3ccc(Cl)cc3)s2)cc1OC. The molecule has 154 valence electrons. The first-order valence-electron chi connectivity index (χ1n) is 8.70. The van der Waals surface area contributed by atoms with Crippen molar-refractivity contribution in [3.05, 3.63) is 75.7 Å². The zero-order chi connectivity index (χ0) is 21.5. The lowest BCUT2D eigenvalue weighted by atomic mass is 10.2. The smallest absolute Gasteiger partial charge is 0.286 e. The number of carbonyl (C=O) groups is 1. The Labute approximate surface area is 187 Å². The number of halogens is 2. The molecule has 2 aromatic carbocycles. The number of benzene rings is 2. The van der Waals surface area contributed by atoms with Gasteiger partial charge in [0.1, 0.15) is 6.61 Å². The molecule has 9 heteroatoms. The van der Waals surface area contributed by atoms with Crippen LogP contribution in [0, 0.1) is 0 Å². The summed E-state index contributed by atoms with van der Waals surface area (Å²) in [7, 11) is 1.56. The van der Waals surface area contributed by atoms with E-state index in [1.165, 1.54) is 0 Å². The zero-order valence-corrected chi connectivity index (χ0v) is 18.2.